The van der Waals surface area contributed by atoms with E-state index in [-0.39, 0.29) is 0 Å². The zero-order chi connectivity index (χ0) is 7.28. The van der Waals surface area contributed by atoms with Crippen LogP contribution < -0.4 is 0 Å². The minimum Gasteiger partial charge on any atom is -0.290 e. The third-order valence-corrected chi connectivity index (χ3v) is 0.886. The van der Waals surface area contributed by atoms with E-state index in [0.29, 0.717) is 5.71 Å². The highest BCUT2D eigenvalue weighted by molar-refractivity contribution is 5.95. The zero-order valence-corrected chi connectivity index (χ0v) is 5.56. The molecule has 0 bridgehead atoms. The smallest absolute Gasteiger partial charge is 0.162 e. The van der Waals surface area contributed by atoms with E-state index in [9.17, 15) is 4.39 Å². The second kappa shape index (κ2) is 3.95. The van der Waals surface area contributed by atoms with Gasteiger partial charge < -0.3 is 0 Å². The molecular weight excluding hydrogens is 119 g/mol. The van der Waals surface area contributed by atoms with Crippen molar-refractivity contribution >= 4 is 12.4 Å². The molecule has 0 rings (SSSR count). The third kappa shape index (κ3) is 2.74. The summed E-state index contributed by atoms with van der Waals surface area (Å²) in [4.78, 5) is 6.83. The number of hydrogen-bond acceptors (Lipinski definition) is 2. The summed E-state index contributed by atoms with van der Waals surface area (Å²) in [5.41, 5.74) is 0.336. The lowest BCUT2D eigenvalue weighted by atomic mass is 10.4. The van der Waals surface area contributed by atoms with E-state index >= 15 is 0 Å². The average molecular weight is 128 g/mol. The van der Waals surface area contributed by atoms with Crippen LogP contribution in [-0.4, -0.2) is 19.5 Å². The highest BCUT2D eigenvalue weighted by atomic mass is 19.1. The van der Waals surface area contributed by atoms with Crippen LogP contribution in [0.15, 0.2) is 22.0 Å². The molecule has 0 fully saturated rings. The van der Waals surface area contributed by atoms with Gasteiger partial charge in [-0.15, -0.1) is 0 Å². The standard InChI is InChI=1S/C6H9FN2/c1-5(9-3)6(7)4-8-2/h4H,2H2,1,3H3/b6-4+,9-5?. The van der Waals surface area contributed by atoms with Crippen molar-refractivity contribution in [3.8, 4) is 0 Å². The molecule has 0 aliphatic rings. The molecule has 50 valence electrons. The average Bonchev–Trinajstić information content (AvgIpc) is 1.87. The summed E-state index contributed by atoms with van der Waals surface area (Å²) < 4.78 is 12.4. The van der Waals surface area contributed by atoms with Crippen molar-refractivity contribution in [1.29, 1.82) is 0 Å². The van der Waals surface area contributed by atoms with Gasteiger partial charge in [0.25, 0.3) is 0 Å². The predicted octanol–water partition coefficient (Wildman–Crippen LogP) is 1.59. The maximum atomic E-state index is 12.4. The number of nitrogens with zero attached hydrogens (tertiary/aromatic N) is 2. The lowest BCUT2D eigenvalue weighted by Gasteiger charge is -1.89. The lowest BCUT2D eigenvalue weighted by molar-refractivity contribution is 0.677. The monoisotopic (exact) mass is 128 g/mol. The summed E-state index contributed by atoms with van der Waals surface area (Å²) in [5, 5.41) is 0. The summed E-state index contributed by atoms with van der Waals surface area (Å²) in [6.45, 7) is 4.66. The molecule has 0 unspecified atom stereocenters. The molecule has 0 saturated carbocycles. The van der Waals surface area contributed by atoms with Crippen LogP contribution in [0, 0.1) is 0 Å². The highest BCUT2D eigenvalue weighted by Crippen LogP contribution is 1.98. The molecule has 0 spiro atoms. The van der Waals surface area contributed by atoms with E-state index in [2.05, 4.69) is 16.7 Å². The van der Waals surface area contributed by atoms with Gasteiger partial charge in [0.15, 0.2) is 5.83 Å². The molecule has 9 heavy (non-hydrogen) atoms. The van der Waals surface area contributed by atoms with Gasteiger partial charge in [0.05, 0.1) is 11.9 Å². The molecule has 0 aromatic carbocycles. The minimum atomic E-state index is -0.437. The number of aliphatic imine (C=N–C) groups is 2. The van der Waals surface area contributed by atoms with Crippen molar-refractivity contribution in [3.05, 3.63) is 12.0 Å². The Balaban J connectivity index is 4.19. The minimum absolute atomic E-state index is 0.336. The molecule has 2 nitrogen and oxygen atoms in total. The Morgan fingerprint density at radius 3 is 2.56 bits per heavy atom. The van der Waals surface area contributed by atoms with Gasteiger partial charge >= 0.3 is 0 Å². The molecule has 3 heteroatoms. The summed E-state index contributed by atoms with van der Waals surface area (Å²) in [6, 6.07) is 0. The molecule has 0 heterocycles. The maximum Gasteiger partial charge on any atom is 0.162 e. The summed E-state index contributed by atoms with van der Waals surface area (Å²) in [7, 11) is 1.52. The summed E-state index contributed by atoms with van der Waals surface area (Å²) >= 11 is 0. The van der Waals surface area contributed by atoms with Gasteiger partial charge in [-0.05, 0) is 13.6 Å². The molecule has 0 aliphatic carbocycles. The molecule has 0 aromatic rings. The van der Waals surface area contributed by atoms with E-state index in [4.69, 9.17) is 0 Å². The molecule has 0 aromatic heterocycles. The zero-order valence-electron chi connectivity index (χ0n) is 5.56. The van der Waals surface area contributed by atoms with Gasteiger partial charge in [0, 0.05) is 7.05 Å². The van der Waals surface area contributed by atoms with Crippen molar-refractivity contribution in [3.63, 3.8) is 0 Å². The van der Waals surface area contributed by atoms with E-state index < -0.39 is 5.83 Å². The Morgan fingerprint density at radius 1 is 1.67 bits per heavy atom. The van der Waals surface area contributed by atoms with Crippen LogP contribution in [0.25, 0.3) is 0 Å². The topological polar surface area (TPSA) is 24.7 Å². The first-order valence-corrected chi connectivity index (χ1v) is 2.47. The van der Waals surface area contributed by atoms with Crippen molar-refractivity contribution < 1.29 is 4.39 Å². The van der Waals surface area contributed by atoms with Gasteiger partial charge in [-0.25, -0.2) is 4.39 Å². The van der Waals surface area contributed by atoms with Crippen LogP contribution in [0.1, 0.15) is 6.92 Å². The van der Waals surface area contributed by atoms with E-state index in [1.807, 2.05) is 0 Å². The molecule has 0 saturated heterocycles. The number of rotatable bonds is 2. The largest absolute Gasteiger partial charge is 0.290 e. The van der Waals surface area contributed by atoms with Gasteiger partial charge in [0.1, 0.15) is 0 Å². The second-order valence-electron chi connectivity index (χ2n) is 1.47. The van der Waals surface area contributed by atoms with Gasteiger partial charge in [0.2, 0.25) is 0 Å². The van der Waals surface area contributed by atoms with E-state index in [1.54, 1.807) is 6.92 Å². The Kier molecular flexibility index (Phi) is 3.51. The van der Waals surface area contributed by atoms with Crippen LogP contribution in [0.4, 0.5) is 4.39 Å². The molecule has 0 amide bonds. The normalized spacial score (nSPS) is 13.7. The van der Waals surface area contributed by atoms with Gasteiger partial charge in [-0.2, -0.15) is 0 Å². The lowest BCUT2D eigenvalue weighted by Crippen LogP contribution is -1.89. The van der Waals surface area contributed by atoms with Gasteiger partial charge in [-0.1, -0.05) is 0 Å². The second-order valence-corrected chi connectivity index (χ2v) is 1.47. The van der Waals surface area contributed by atoms with Crippen molar-refractivity contribution in [2.24, 2.45) is 9.98 Å². The molecule has 0 atom stereocenters. The predicted molar refractivity (Wildman–Crippen MR) is 37.8 cm³/mol. The molecular formula is C6H9FN2. The number of allylic oxidation sites excluding steroid dienone is 1. The van der Waals surface area contributed by atoms with Crippen LogP contribution in [0.3, 0.4) is 0 Å². The molecule has 0 radical (unpaired) electrons. The first-order chi connectivity index (χ1) is 4.22. The summed E-state index contributed by atoms with van der Waals surface area (Å²) in [5.74, 6) is -0.437. The molecule has 0 N–H and O–H groups in total. The van der Waals surface area contributed by atoms with Crippen molar-refractivity contribution in [2.45, 2.75) is 6.92 Å². The van der Waals surface area contributed by atoms with Crippen LogP contribution in [0.5, 0.6) is 0 Å². The van der Waals surface area contributed by atoms with E-state index in [1.165, 1.54) is 7.05 Å². The Morgan fingerprint density at radius 2 is 2.22 bits per heavy atom. The maximum absolute atomic E-state index is 12.4. The third-order valence-electron chi connectivity index (χ3n) is 0.886. The highest BCUT2D eigenvalue weighted by Gasteiger charge is 1.94. The summed E-state index contributed by atoms with van der Waals surface area (Å²) in [6.07, 6.45) is 1.03. The number of halogens is 1. The van der Waals surface area contributed by atoms with Crippen molar-refractivity contribution in [2.75, 3.05) is 7.05 Å². The fraction of sp³-hybridized carbons (Fsp3) is 0.333. The van der Waals surface area contributed by atoms with Crippen LogP contribution in [0.2, 0.25) is 0 Å². The SMILES string of the molecule is C=N/C=C(/F)C(C)=NC. The Bertz CT molecular complexity index is 158. The molecule has 0 aliphatic heterocycles. The fourth-order valence-electron chi connectivity index (χ4n) is 0.280. The Labute approximate surface area is 53.8 Å². The fourth-order valence-corrected chi connectivity index (χ4v) is 0.280. The van der Waals surface area contributed by atoms with Gasteiger partial charge in [-0.3, -0.25) is 9.98 Å². The van der Waals surface area contributed by atoms with Crippen LogP contribution >= 0.6 is 0 Å². The number of hydrogen-bond donors (Lipinski definition) is 0. The van der Waals surface area contributed by atoms with Crippen molar-refractivity contribution in [1.82, 2.24) is 0 Å². The Hall–Kier alpha value is -0.990. The first-order valence-electron chi connectivity index (χ1n) is 2.47. The van der Waals surface area contributed by atoms with E-state index in [0.717, 1.165) is 6.20 Å². The van der Waals surface area contributed by atoms with Crippen LogP contribution in [-0.2, 0) is 0 Å². The quantitative estimate of drug-likeness (QED) is 0.504. The first kappa shape index (κ1) is 8.01.